The van der Waals surface area contributed by atoms with Crippen LogP contribution in [0.3, 0.4) is 0 Å². The largest absolute Gasteiger partial charge is 0.354 e. The highest BCUT2D eigenvalue weighted by Crippen LogP contribution is 2.31. The standard InChI is InChI=1S/C12H16ClN5O/c1-6(13)11-15-10-7(2)16-17(3)12(10)18(11)8-4-9(19)14-5-8/h6,8H,4-5H2,1-3H3,(H,14,19). The number of nitrogens with zero attached hydrogens (tertiary/aromatic N) is 4. The van der Waals surface area contributed by atoms with Gasteiger partial charge in [0.1, 0.15) is 11.3 Å². The van der Waals surface area contributed by atoms with Gasteiger partial charge in [-0.25, -0.2) is 4.98 Å². The highest BCUT2D eigenvalue weighted by Gasteiger charge is 2.30. The molecule has 0 saturated carbocycles. The van der Waals surface area contributed by atoms with Crippen LogP contribution in [0.25, 0.3) is 11.2 Å². The van der Waals surface area contributed by atoms with Crippen LogP contribution in [-0.4, -0.2) is 31.8 Å². The second-order valence-corrected chi connectivity index (χ2v) is 5.65. The summed E-state index contributed by atoms with van der Waals surface area (Å²) in [4.78, 5) is 16.1. The summed E-state index contributed by atoms with van der Waals surface area (Å²) in [5, 5.41) is 7.04. The average molecular weight is 282 g/mol. The molecule has 0 bridgehead atoms. The van der Waals surface area contributed by atoms with Crippen LogP contribution in [-0.2, 0) is 11.8 Å². The molecule has 1 aliphatic rings. The van der Waals surface area contributed by atoms with Crippen LogP contribution < -0.4 is 5.32 Å². The van der Waals surface area contributed by atoms with Crippen LogP contribution in [0.1, 0.15) is 36.3 Å². The lowest BCUT2D eigenvalue weighted by Crippen LogP contribution is -2.18. The monoisotopic (exact) mass is 281 g/mol. The Morgan fingerprint density at radius 3 is 2.84 bits per heavy atom. The first-order valence-corrected chi connectivity index (χ1v) is 6.75. The van der Waals surface area contributed by atoms with Gasteiger partial charge in [-0.3, -0.25) is 9.48 Å². The number of nitrogens with one attached hydrogen (secondary N) is 1. The number of rotatable bonds is 2. The van der Waals surface area contributed by atoms with E-state index >= 15 is 0 Å². The molecule has 102 valence electrons. The number of halogens is 1. The summed E-state index contributed by atoms with van der Waals surface area (Å²) in [6.45, 7) is 4.44. The minimum Gasteiger partial charge on any atom is -0.354 e. The lowest BCUT2D eigenvalue weighted by molar-refractivity contribution is -0.119. The van der Waals surface area contributed by atoms with Crippen LogP contribution in [0, 0.1) is 6.92 Å². The predicted octanol–water partition coefficient (Wildman–Crippen LogP) is 1.44. The number of alkyl halides is 1. The number of fused-ring (bicyclic) bond motifs is 1. The highest BCUT2D eigenvalue weighted by molar-refractivity contribution is 6.20. The van der Waals surface area contributed by atoms with Gasteiger partial charge < -0.3 is 9.88 Å². The first-order valence-electron chi connectivity index (χ1n) is 6.31. The highest BCUT2D eigenvalue weighted by atomic mass is 35.5. The van der Waals surface area contributed by atoms with E-state index in [4.69, 9.17) is 11.6 Å². The van der Waals surface area contributed by atoms with Crippen molar-refractivity contribution in [2.45, 2.75) is 31.7 Å². The van der Waals surface area contributed by atoms with Crippen LogP contribution in [0.5, 0.6) is 0 Å². The molecule has 2 atom stereocenters. The summed E-state index contributed by atoms with van der Waals surface area (Å²) in [7, 11) is 1.89. The molecule has 6 nitrogen and oxygen atoms in total. The molecule has 2 aromatic heterocycles. The fourth-order valence-corrected chi connectivity index (χ4v) is 2.88. The van der Waals surface area contributed by atoms with E-state index in [1.165, 1.54) is 0 Å². The number of carbonyl (C=O) groups excluding carboxylic acids is 1. The number of aromatic nitrogens is 4. The van der Waals surface area contributed by atoms with E-state index in [1.807, 2.05) is 25.6 Å². The summed E-state index contributed by atoms with van der Waals surface area (Å²) < 4.78 is 3.87. The summed E-state index contributed by atoms with van der Waals surface area (Å²) in [6.07, 6.45) is 0.465. The van der Waals surface area contributed by atoms with E-state index < -0.39 is 0 Å². The van der Waals surface area contributed by atoms with Crippen molar-refractivity contribution in [2.24, 2.45) is 7.05 Å². The smallest absolute Gasteiger partial charge is 0.222 e. The zero-order chi connectivity index (χ0) is 13.7. The fraction of sp³-hybridized carbons (Fsp3) is 0.583. The van der Waals surface area contributed by atoms with Gasteiger partial charge in [0.15, 0.2) is 5.65 Å². The maximum Gasteiger partial charge on any atom is 0.222 e. The second-order valence-electron chi connectivity index (χ2n) is 5.00. The Balaban J connectivity index is 2.24. The van der Waals surface area contributed by atoms with Crippen LogP contribution in [0.2, 0.25) is 0 Å². The normalized spacial score (nSPS) is 21.1. The zero-order valence-corrected chi connectivity index (χ0v) is 11.9. The molecular weight excluding hydrogens is 266 g/mol. The lowest BCUT2D eigenvalue weighted by Gasteiger charge is -2.16. The Morgan fingerprint density at radius 1 is 1.53 bits per heavy atom. The van der Waals surface area contributed by atoms with Gasteiger partial charge in [-0.15, -0.1) is 11.6 Å². The van der Waals surface area contributed by atoms with Gasteiger partial charge in [-0.2, -0.15) is 5.10 Å². The summed E-state index contributed by atoms with van der Waals surface area (Å²) in [6, 6.07) is 0.0588. The minimum atomic E-state index is -0.206. The fourth-order valence-electron chi connectivity index (χ4n) is 2.73. The Hall–Kier alpha value is -1.56. The van der Waals surface area contributed by atoms with Crippen molar-refractivity contribution in [3.63, 3.8) is 0 Å². The molecule has 1 fully saturated rings. The maximum atomic E-state index is 11.5. The molecule has 3 heterocycles. The van der Waals surface area contributed by atoms with E-state index in [-0.39, 0.29) is 17.3 Å². The molecule has 0 spiro atoms. The molecule has 1 N–H and O–H groups in total. The number of carbonyl (C=O) groups is 1. The van der Waals surface area contributed by atoms with Crippen molar-refractivity contribution in [1.29, 1.82) is 0 Å². The molecule has 3 rings (SSSR count). The molecule has 1 amide bonds. The Labute approximate surface area is 115 Å². The average Bonchev–Trinajstić information content (AvgIpc) is 2.96. The SMILES string of the molecule is Cc1nn(C)c2c1nc(C(C)Cl)n2C1CNC(=O)C1. The summed E-state index contributed by atoms with van der Waals surface area (Å²) in [5.41, 5.74) is 2.68. The molecule has 1 saturated heterocycles. The van der Waals surface area contributed by atoms with E-state index in [2.05, 4.69) is 20.0 Å². The van der Waals surface area contributed by atoms with Crippen LogP contribution in [0.4, 0.5) is 0 Å². The molecule has 7 heteroatoms. The quantitative estimate of drug-likeness (QED) is 0.847. The number of imidazole rings is 1. The number of hydrogen-bond donors (Lipinski definition) is 1. The summed E-state index contributed by atoms with van der Waals surface area (Å²) >= 11 is 6.24. The van der Waals surface area contributed by atoms with E-state index in [9.17, 15) is 4.79 Å². The lowest BCUT2D eigenvalue weighted by atomic mass is 10.2. The molecule has 0 aliphatic carbocycles. The van der Waals surface area contributed by atoms with Crippen LogP contribution >= 0.6 is 11.6 Å². The Morgan fingerprint density at radius 2 is 2.26 bits per heavy atom. The molecule has 1 aliphatic heterocycles. The molecule has 0 aromatic carbocycles. The van der Waals surface area contributed by atoms with Gasteiger partial charge in [-0.05, 0) is 13.8 Å². The number of aryl methyl sites for hydroxylation is 2. The van der Waals surface area contributed by atoms with Crippen molar-refractivity contribution < 1.29 is 4.79 Å². The molecular formula is C12H16ClN5O. The van der Waals surface area contributed by atoms with Crippen molar-refractivity contribution in [1.82, 2.24) is 24.6 Å². The number of hydrogen-bond acceptors (Lipinski definition) is 3. The first-order chi connectivity index (χ1) is 8.99. The second kappa shape index (κ2) is 4.23. The topological polar surface area (TPSA) is 64.7 Å². The predicted molar refractivity (Wildman–Crippen MR) is 72.2 cm³/mol. The van der Waals surface area contributed by atoms with Crippen molar-refractivity contribution in [3.05, 3.63) is 11.5 Å². The van der Waals surface area contributed by atoms with Crippen molar-refractivity contribution in [2.75, 3.05) is 6.54 Å². The third kappa shape index (κ3) is 1.82. The molecule has 2 unspecified atom stereocenters. The zero-order valence-electron chi connectivity index (χ0n) is 11.1. The molecule has 2 aromatic rings. The number of amides is 1. The maximum absolute atomic E-state index is 11.5. The van der Waals surface area contributed by atoms with E-state index in [0.717, 1.165) is 22.7 Å². The van der Waals surface area contributed by atoms with Gasteiger partial charge >= 0.3 is 0 Å². The van der Waals surface area contributed by atoms with E-state index in [1.54, 1.807) is 0 Å². The third-order valence-electron chi connectivity index (χ3n) is 3.54. The molecule has 19 heavy (non-hydrogen) atoms. The van der Waals surface area contributed by atoms with Gasteiger partial charge in [-0.1, -0.05) is 0 Å². The van der Waals surface area contributed by atoms with E-state index in [0.29, 0.717) is 13.0 Å². The molecule has 0 radical (unpaired) electrons. The van der Waals surface area contributed by atoms with Crippen molar-refractivity contribution >= 4 is 28.7 Å². The first kappa shape index (κ1) is 12.5. The van der Waals surface area contributed by atoms with Gasteiger partial charge in [0, 0.05) is 20.0 Å². The Bertz CT molecular complexity index is 657. The summed E-state index contributed by atoms with van der Waals surface area (Å²) in [5.74, 6) is 0.869. The van der Waals surface area contributed by atoms with Gasteiger partial charge in [0.2, 0.25) is 5.91 Å². The van der Waals surface area contributed by atoms with Gasteiger partial charge in [0.25, 0.3) is 0 Å². The minimum absolute atomic E-state index is 0.0588. The van der Waals surface area contributed by atoms with Crippen LogP contribution in [0.15, 0.2) is 0 Å². The van der Waals surface area contributed by atoms with Crippen molar-refractivity contribution in [3.8, 4) is 0 Å². The Kier molecular flexibility index (Phi) is 2.78. The van der Waals surface area contributed by atoms with Gasteiger partial charge in [0.05, 0.1) is 17.1 Å². The third-order valence-corrected chi connectivity index (χ3v) is 3.73.